The molecule has 0 spiro atoms. The Balaban J connectivity index is 0.000000130. The molecule has 2 aromatic heterocycles. The fourth-order valence-corrected chi connectivity index (χ4v) is 12.4. The van der Waals surface area contributed by atoms with Gasteiger partial charge in [-0.2, -0.15) is 13.2 Å². The third kappa shape index (κ3) is 15.6. The molecule has 25 heteroatoms. The lowest BCUT2D eigenvalue weighted by molar-refractivity contribution is -0.137. The number of carbonyl (C=O) groups is 5. The van der Waals surface area contributed by atoms with Gasteiger partial charge in [0, 0.05) is 80.0 Å². The number of carbonyl (C=O) groups excluding carboxylic acids is 5. The average molecular weight is 1380 g/mol. The van der Waals surface area contributed by atoms with E-state index in [0.29, 0.717) is 78.4 Å². The molecular weight excluding hydrogens is 1310 g/mol. The van der Waals surface area contributed by atoms with Crippen LogP contribution in [0.1, 0.15) is 75.7 Å². The molecule has 7 aromatic carbocycles. The van der Waals surface area contributed by atoms with Crippen molar-refractivity contribution in [2.45, 2.75) is 65.5 Å². The molecule has 9 aromatic rings. The van der Waals surface area contributed by atoms with Crippen molar-refractivity contribution in [2.75, 3.05) is 45.0 Å². The largest absolute Gasteiger partial charge is 0.511 e. The van der Waals surface area contributed by atoms with Crippen molar-refractivity contribution in [2.24, 2.45) is 23.5 Å². The second-order valence-electron chi connectivity index (χ2n) is 24.3. The molecule has 4 amide bonds. The van der Waals surface area contributed by atoms with Crippen molar-refractivity contribution >= 4 is 35.1 Å². The van der Waals surface area contributed by atoms with Gasteiger partial charge in [-0.25, -0.2) is 14.4 Å². The van der Waals surface area contributed by atoms with Crippen LogP contribution in [0.4, 0.5) is 23.2 Å². The minimum Gasteiger partial charge on any atom is -0.511 e. The number of nitrogens with two attached hydrogens (primary N) is 1. The molecule has 101 heavy (non-hydrogen) atoms. The number of hydrogen-bond donors (Lipinski definition) is 5. The highest BCUT2D eigenvalue weighted by molar-refractivity contribution is 6.33. The number of primary amides is 1. The monoisotopic (exact) mass is 1380 g/mol. The summed E-state index contributed by atoms with van der Waals surface area (Å²) in [5.41, 5.74) is 14.2. The Kier molecular flexibility index (Phi) is 20.7. The summed E-state index contributed by atoms with van der Waals surface area (Å²) in [4.78, 5) is 73.0. The van der Waals surface area contributed by atoms with Gasteiger partial charge in [-0.1, -0.05) is 68.1 Å². The molecule has 2 saturated heterocycles. The summed E-state index contributed by atoms with van der Waals surface area (Å²) in [6, 6.07) is 45.5. The first-order valence-corrected chi connectivity index (χ1v) is 32.1. The van der Waals surface area contributed by atoms with E-state index in [1.54, 1.807) is 54.7 Å². The van der Waals surface area contributed by atoms with Gasteiger partial charge in [0.1, 0.15) is 35.3 Å². The molecule has 8 heterocycles. The van der Waals surface area contributed by atoms with Gasteiger partial charge in [0.15, 0.2) is 40.3 Å². The number of nitrogens with zero attached hydrogens (tertiary/aromatic N) is 4. The van der Waals surface area contributed by atoms with Crippen LogP contribution in [0.15, 0.2) is 188 Å². The van der Waals surface area contributed by atoms with Crippen LogP contribution in [-0.4, -0.2) is 89.1 Å². The van der Waals surface area contributed by atoms with Crippen molar-refractivity contribution in [3.8, 4) is 62.8 Å². The van der Waals surface area contributed by atoms with Crippen LogP contribution in [0, 0.1) is 30.5 Å². The quantitative estimate of drug-likeness (QED) is 0.0293. The average Bonchev–Trinajstić information content (AvgIpc) is 1.60. The molecule has 21 nitrogen and oxygen atoms in total. The summed E-state index contributed by atoms with van der Waals surface area (Å²) in [6.45, 7) is 4.62. The lowest BCUT2D eigenvalue weighted by atomic mass is 9.94. The van der Waals surface area contributed by atoms with Crippen LogP contribution in [-0.2, 0) is 51.4 Å². The first-order valence-electron chi connectivity index (χ1n) is 32.1. The number of aromatic nitrogens is 3. The summed E-state index contributed by atoms with van der Waals surface area (Å²) in [5, 5.41) is 19.0. The molecule has 7 aliphatic rings. The minimum absolute atomic E-state index is 0. The number of alkyl halides is 3. The van der Waals surface area contributed by atoms with Crippen molar-refractivity contribution in [1.82, 2.24) is 30.5 Å². The van der Waals surface area contributed by atoms with Crippen molar-refractivity contribution in [3.05, 3.63) is 238 Å². The number of ether oxygens (including phenoxy) is 7. The zero-order chi connectivity index (χ0) is 69.6. The fourth-order valence-electron chi connectivity index (χ4n) is 12.4. The number of benzene rings is 7. The van der Waals surface area contributed by atoms with Gasteiger partial charge in [0.2, 0.25) is 32.2 Å². The lowest BCUT2D eigenvalue weighted by Crippen LogP contribution is -2.41. The zero-order valence-corrected chi connectivity index (χ0v) is 53.8. The number of hydrogen-bond acceptors (Lipinski definition) is 16. The van der Waals surface area contributed by atoms with Gasteiger partial charge in [-0.3, -0.25) is 28.9 Å². The summed E-state index contributed by atoms with van der Waals surface area (Å²) in [7, 11) is 0. The number of rotatable bonds is 14. The molecule has 0 bridgehead atoms. The number of nitrogens with one attached hydrogen (secondary N) is 3. The van der Waals surface area contributed by atoms with E-state index < -0.39 is 41.4 Å². The molecule has 1 aliphatic carbocycles. The number of anilines is 1. The van der Waals surface area contributed by atoms with Crippen LogP contribution >= 0.6 is 0 Å². The third-order valence-electron chi connectivity index (χ3n) is 17.8. The van der Waals surface area contributed by atoms with Crippen molar-refractivity contribution in [3.63, 3.8) is 0 Å². The number of Topliss-reactive ketones (excluding diaryl/α,β-unsaturated/α-hetero) is 1. The van der Waals surface area contributed by atoms with Crippen LogP contribution in [0.25, 0.3) is 22.5 Å². The molecule has 3 atom stereocenters. The van der Waals surface area contributed by atoms with Gasteiger partial charge in [-0.05, 0) is 150 Å². The molecule has 6 N–H and O–H groups in total. The maximum atomic E-state index is 13.3. The van der Waals surface area contributed by atoms with Crippen molar-refractivity contribution < 1.29 is 79.8 Å². The van der Waals surface area contributed by atoms with Crippen LogP contribution < -0.4 is 59.7 Å². The highest BCUT2D eigenvalue weighted by Gasteiger charge is 2.49. The SMILES string of the molecule is C.Cc1c(C(N)=O)cc(-c2ccc(F)cc2)n1Cc1ccc2c(c1)OCC2.O=C(NCc1ccc2c(c1)OCO2)C1CNC[C@@H]1C(=O)NCc1cccc(C(F)(F)F)c1.O=C1C(=C(O)C2CC2)C(=O)N(c2ccc3c(c2)OCO3)C1c1ccccc1.c1cc(-c2ccc3c(c2)OCO3)ncn1. The normalized spacial score (nSPS) is 17.6. The molecule has 0 radical (unpaired) electrons. The number of amides is 4. The molecule has 3 fully saturated rings. The number of halogens is 4. The van der Waals surface area contributed by atoms with Crippen molar-refractivity contribution in [1.29, 1.82) is 0 Å². The van der Waals surface area contributed by atoms with Crippen LogP contribution in [0.2, 0.25) is 0 Å². The van der Waals surface area contributed by atoms with E-state index in [9.17, 15) is 46.6 Å². The summed E-state index contributed by atoms with van der Waals surface area (Å²) < 4.78 is 91.4. The molecule has 16 rings (SSSR count). The van der Waals surface area contributed by atoms with E-state index in [1.807, 2.05) is 78.2 Å². The van der Waals surface area contributed by atoms with Gasteiger partial charge in [-0.15, -0.1) is 0 Å². The number of fused-ring (bicyclic) bond motifs is 4. The van der Waals surface area contributed by atoms with E-state index in [0.717, 1.165) is 88.0 Å². The Bertz CT molecular complexity index is 4610. The second kappa shape index (κ2) is 30.2. The molecule has 520 valence electrons. The Morgan fingerprint density at radius 3 is 1.90 bits per heavy atom. The Morgan fingerprint density at radius 2 is 1.26 bits per heavy atom. The molecule has 6 aliphatic heterocycles. The topological polar surface area (TPSA) is 266 Å². The highest BCUT2D eigenvalue weighted by atomic mass is 19.4. The van der Waals surface area contributed by atoms with Crippen LogP contribution in [0.5, 0.6) is 40.2 Å². The molecule has 1 saturated carbocycles. The van der Waals surface area contributed by atoms with Crippen LogP contribution in [0.3, 0.4) is 0 Å². The van der Waals surface area contributed by atoms with Gasteiger partial charge < -0.3 is 64.5 Å². The second-order valence-corrected chi connectivity index (χ2v) is 24.3. The van der Waals surface area contributed by atoms with E-state index >= 15 is 0 Å². The predicted octanol–water partition coefficient (Wildman–Crippen LogP) is 11.7. The predicted molar refractivity (Wildman–Crippen MR) is 362 cm³/mol. The number of aliphatic hydroxyl groups is 1. The fraction of sp³-hybridized carbons (Fsp3) is 0.250. The summed E-state index contributed by atoms with van der Waals surface area (Å²) in [5.74, 6) is 1.27. The van der Waals surface area contributed by atoms with E-state index in [-0.39, 0.29) is 74.8 Å². The standard InChI is InChI=1S/C22H22F3N3O4.C21H19FN2O2.C21H17NO5.C11H8N2O2.CH4/c23-22(24,25)15-3-1-2-13(6-15)8-27-20(29)16-10-26-11-17(16)21(30)28-9-14-4-5-18-19(7-14)32-12-31-18;1-13-18(21(23)25)11-19(15-4-6-17(22)7-5-15)24(13)12-14-2-3-16-8-9-26-20(16)10-14;23-19(13-6-7-13)17-20(24)18(12-4-2-1-3-5-12)22(21(17)25)14-8-9-15-16(10-14)27-11-26-15;1-2-10-11(15-7-14-10)5-8(1)9-3-4-12-6-13-9;/h1-7,16-17,26H,8-12H2,(H,27,29)(H,28,30);2-7,10-11H,8-9,12H2,1H3,(H2,23,25);1-5,8-10,13,18,23H,6-7,11H2;1-6H,7H2;1H4/t16-,17?;;;;/m0..../s1. The van der Waals surface area contributed by atoms with Gasteiger partial charge in [0.05, 0.1) is 35.3 Å². The summed E-state index contributed by atoms with van der Waals surface area (Å²) >= 11 is 0. The minimum atomic E-state index is -4.45. The molecule has 2 unspecified atom stereocenters. The Labute approximate surface area is 577 Å². The summed E-state index contributed by atoms with van der Waals surface area (Å²) in [6.07, 6.45) is 1.33. The Morgan fingerprint density at radius 1 is 0.653 bits per heavy atom. The maximum Gasteiger partial charge on any atom is 0.416 e. The van der Waals surface area contributed by atoms with Gasteiger partial charge >= 0.3 is 6.18 Å². The number of allylic oxidation sites excluding steroid dienone is 1. The third-order valence-corrected chi connectivity index (χ3v) is 17.8. The maximum absolute atomic E-state index is 13.3. The Hall–Kier alpha value is -11.7. The van der Waals surface area contributed by atoms with E-state index in [2.05, 4.69) is 38.1 Å². The van der Waals surface area contributed by atoms with E-state index in [4.69, 9.17) is 38.9 Å². The smallest absolute Gasteiger partial charge is 0.416 e. The zero-order valence-electron chi connectivity index (χ0n) is 53.8. The first kappa shape index (κ1) is 69.2. The number of ketones is 1. The lowest BCUT2D eigenvalue weighted by Gasteiger charge is -2.23. The first-order chi connectivity index (χ1) is 48.4. The van der Waals surface area contributed by atoms with Gasteiger partial charge in [0.25, 0.3) is 11.8 Å². The molecular formula is C76H70F4N8O13. The van der Waals surface area contributed by atoms with E-state index in [1.165, 1.54) is 41.1 Å². The highest BCUT2D eigenvalue weighted by Crippen LogP contribution is 2.46. The number of aliphatic hydroxyl groups excluding tert-OH is 1.